The first-order chi connectivity index (χ1) is 8.77. The number of benzene rings is 1. The lowest BCUT2D eigenvalue weighted by atomic mass is 9.99. The van der Waals surface area contributed by atoms with Crippen molar-refractivity contribution in [1.82, 2.24) is 0 Å². The van der Waals surface area contributed by atoms with Gasteiger partial charge in [-0.25, -0.2) is 9.59 Å². The van der Waals surface area contributed by atoms with E-state index >= 15 is 0 Å². The monoisotopic (exact) mass is 240 g/mol. The topological polar surface area (TPSA) is 58.9 Å². The molecule has 0 saturated heterocycles. The molecule has 4 nitrogen and oxygen atoms in total. The Kier molecular flexibility index (Phi) is 3.63. The number of nitrogens with zero attached hydrogens (tertiary/aromatic N) is 2. The van der Waals surface area contributed by atoms with E-state index < -0.39 is 0 Å². The summed E-state index contributed by atoms with van der Waals surface area (Å²) in [6.45, 7) is 1.78. The number of hydrogen-bond acceptors (Lipinski definition) is 4. The maximum Gasteiger partial charge on any atom is 0.240 e. The summed E-state index contributed by atoms with van der Waals surface area (Å²) in [6.07, 6.45) is 8.37. The molecule has 0 aliphatic heterocycles. The van der Waals surface area contributed by atoms with Crippen molar-refractivity contribution < 1.29 is 9.59 Å². The van der Waals surface area contributed by atoms with Gasteiger partial charge in [0, 0.05) is 11.1 Å². The third kappa shape index (κ3) is 2.21. The van der Waals surface area contributed by atoms with Gasteiger partial charge in [-0.3, -0.25) is 0 Å². The van der Waals surface area contributed by atoms with Crippen molar-refractivity contribution >= 4 is 29.1 Å². The summed E-state index contributed by atoms with van der Waals surface area (Å²) in [5, 5.41) is 0. The van der Waals surface area contributed by atoms with E-state index in [4.69, 9.17) is 0 Å². The van der Waals surface area contributed by atoms with Gasteiger partial charge in [-0.2, -0.15) is 9.98 Å². The maximum absolute atomic E-state index is 10.5. The minimum absolute atomic E-state index is 0.487. The fourth-order valence-electron chi connectivity index (χ4n) is 2.22. The van der Waals surface area contributed by atoms with Gasteiger partial charge in [-0.1, -0.05) is 12.1 Å². The molecule has 18 heavy (non-hydrogen) atoms. The normalized spacial score (nSPS) is 13.5. The van der Waals surface area contributed by atoms with Gasteiger partial charge < -0.3 is 0 Å². The van der Waals surface area contributed by atoms with Gasteiger partial charge in [-0.15, -0.1) is 0 Å². The van der Waals surface area contributed by atoms with E-state index in [1.165, 1.54) is 11.7 Å². The van der Waals surface area contributed by atoms with Crippen molar-refractivity contribution in [3.63, 3.8) is 0 Å². The van der Waals surface area contributed by atoms with Gasteiger partial charge >= 0.3 is 0 Å². The number of hydrogen-bond donors (Lipinski definition) is 0. The Morgan fingerprint density at radius 3 is 2.56 bits per heavy atom. The molecule has 1 aromatic carbocycles. The van der Waals surface area contributed by atoms with Gasteiger partial charge in [0.25, 0.3) is 0 Å². The number of carbonyl (C=O) groups excluding carboxylic acids is 2. The predicted molar refractivity (Wildman–Crippen MR) is 68.6 cm³/mol. The second-order valence-electron chi connectivity index (χ2n) is 4.13. The molecule has 0 aromatic heterocycles. The van der Waals surface area contributed by atoms with Crippen LogP contribution in [0.4, 0.5) is 11.4 Å². The minimum Gasteiger partial charge on any atom is -0.211 e. The minimum atomic E-state index is 0.487. The summed E-state index contributed by atoms with van der Waals surface area (Å²) in [7, 11) is 0. The zero-order valence-corrected chi connectivity index (χ0v) is 10.1. The first kappa shape index (κ1) is 12.2. The molecule has 0 bridgehead atoms. The van der Waals surface area contributed by atoms with Crippen LogP contribution in [0.25, 0.3) is 5.57 Å². The average molecular weight is 240 g/mol. The maximum atomic E-state index is 10.5. The first-order valence-corrected chi connectivity index (χ1v) is 5.76. The Morgan fingerprint density at radius 1 is 1.17 bits per heavy atom. The van der Waals surface area contributed by atoms with E-state index in [0.29, 0.717) is 16.9 Å². The first-order valence-electron chi connectivity index (χ1n) is 5.76. The Balaban J connectivity index is 2.63. The van der Waals surface area contributed by atoms with Crippen molar-refractivity contribution in [3.05, 3.63) is 29.3 Å². The summed E-state index contributed by atoms with van der Waals surface area (Å²) < 4.78 is 0. The van der Waals surface area contributed by atoms with Crippen LogP contribution in [0.2, 0.25) is 0 Å². The van der Waals surface area contributed by atoms with E-state index in [1.54, 1.807) is 19.1 Å². The highest BCUT2D eigenvalue weighted by molar-refractivity contribution is 5.82. The van der Waals surface area contributed by atoms with E-state index in [0.717, 1.165) is 24.8 Å². The molecule has 4 heteroatoms. The number of allylic oxidation sites excluding steroid dienone is 2. The van der Waals surface area contributed by atoms with Crippen LogP contribution in [0.15, 0.2) is 28.2 Å². The summed E-state index contributed by atoms with van der Waals surface area (Å²) in [5.41, 5.74) is 3.86. The molecule has 0 heterocycles. The molecule has 0 radical (unpaired) electrons. The van der Waals surface area contributed by atoms with Crippen LogP contribution in [0.5, 0.6) is 0 Å². The molecular formula is C14H12N2O2. The highest BCUT2D eigenvalue weighted by atomic mass is 16.1. The summed E-state index contributed by atoms with van der Waals surface area (Å²) in [4.78, 5) is 28.2. The molecule has 0 atom stereocenters. The standard InChI is InChI=1S/C14H12N2O2/c1-10-13(15-8-17)7-6-12(14(10)16-9-18)11-4-2-3-5-11/h4,6-7H,2-3,5H2,1H3. The van der Waals surface area contributed by atoms with Crippen molar-refractivity contribution in [3.8, 4) is 0 Å². The van der Waals surface area contributed by atoms with E-state index in [1.807, 2.05) is 6.07 Å². The van der Waals surface area contributed by atoms with Gasteiger partial charge in [-0.05, 0) is 37.8 Å². The Morgan fingerprint density at radius 2 is 1.94 bits per heavy atom. The average Bonchev–Trinajstić information content (AvgIpc) is 2.88. The second-order valence-corrected chi connectivity index (χ2v) is 4.13. The lowest BCUT2D eigenvalue weighted by molar-refractivity contribution is 0.565. The van der Waals surface area contributed by atoms with Gasteiger partial charge in [0.2, 0.25) is 12.2 Å². The van der Waals surface area contributed by atoms with Crippen molar-refractivity contribution in [1.29, 1.82) is 0 Å². The Labute approximate surface area is 105 Å². The van der Waals surface area contributed by atoms with E-state index in [-0.39, 0.29) is 0 Å². The zero-order chi connectivity index (χ0) is 13.0. The molecular weight excluding hydrogens is 228 g/mol. The largest absolute Gasteiger partial charge is 0.240 e. The summed E-state index contributed by atoms with van der Waals surface area (Å²) >= 11 is 0. The smallest absolute Gasteiger partial charge is 0.211 e. The fraction of sp³-hybridized carbons (Fsp3) is 0.286. The van der Waals surface area contributed by atoms with Crippen LogP contribution in [-0.2, 0) is 9.59 Å². The van der Waals surface area contributed by atoms with E-state index in [9.17, 15) is 9.59 Å². The molecule has 0 fully saturated rings. The third-order valence-electron chi connectivity index (χ3n) is 3.11. The Hall–Kier alpha value is -2.28. The molecule has 0 spiro atoms. The molecule has 2 rings (SSSR count). The van der Waals surface area contributed by atoms with Crippen LogP contribution in [0.1, 0.15) is 30.4 Å². The van der Waals surface area contributed by atoms with Gasteiger partial charge in [0.15, 0.2) is 0 Å². The molecule has 0 N–H and O–H groups in total. The number of aliphatic imine (C=N–C) groups is 2. The van der Waals surface area contributed by atoms with Crippen LogP contribution in [-0.4, -0.2) is 12.2 Å². The molecule has 0 amide bonds. The van der Waals surface area contributed by atoms with Gasteiger partial charge in [0.1, 0.15) is 0 Å². The van der Waals surface area contributed by atoms with Crippen molar-refractivity contribution in [2.75, 3.05) is 0 Å². The number of rotatable bonds is 3. The van der Waals surface area contributed by atoms with E-state index in [2.05, 4.69) is 16.1 Å². The molecule has 1 aromatic rings. The van der Waals surface area contributed by atoms with Crippen molar-refractivity contribution in [2.24, 2.45) is 9.98 Å². The highest BCUT2D eigenvalue weighted by Gasteiger charge is 2.15. The second kappa shape index (κ2) is 5.37. The molecule has 1 aliphatic carbocycles. The predicted octanol–water partition coefficient (Wildman–Crippen LogP) is 3.50. The highest BCUT2D eigenvalue weighted by Crippen LogP contribution is 2.39. The van der Waals surface area contributed by atoms with Crippen molar-refractivity contribution in [2.45, 2.75) is 26.2 Å². The van der Waals surface area contributed by atoms with Gasteiger partial charge in [0.05, 0.1) is 11.4 Å². The zero-order valence-electron chi connectivity index (χ0n) is 10.1. The summed E-state index contributed by atoms with van der Waals surface area (Å²) in [5.74, 6) is 0. The fourth-order valence-corrected chi connectivity index (χ4v) is 2.22. The van der Waals surface area contributed by atoms with Crippen LogP contribution in [0, 0.1) is 6.92 Å². The lowest BCUT2D eigenvalue weighted by Crippen LogP contribution is -1.86. The Bertz CT molecular complexity index is 604. The SMILES string of the molecule is Cc1c(N=C=O)ccc(C2=CCCC2)c1N=C=O. The molecule has 1 aliphatic rings. The van der Waals surface area contributed by atoms with Crippen LogP contribution < -0.4 is 0 Å². The lowest BCUT2D eigenvalue weighted by Gasteiger charge is -2.10. The quantitative estimate of drug-likeness (QED) is 0.599. The summed E-state index contributed by atoms with van der Waals surface area (Å²) in [6, 6.07) is 3.59. The van der Waals surface area contributed by atoms with Crippen LogP contribution >= 0.6 is 0 Å². The molecule has 90 valence electrons. The molecule has 0 saturated carbocycles. The third-order valence-corrected chi connectivity index (χ3v) is 3.11. The molecule has 0 unspecified atom stereocenters. The number of isocyanates is 2. The van der Waals surface area contributed by atoms with Crippen LogP contribution in [0.3, 0.4) is 0 Å².